The summed E-state index contributed by atoms with van der Waals surface area (Å²) in [6.07, 6.45) is 3.01. The van der Waals surface area contributed by atoms with Gasteiger partial charge in [-0.3, -0.25) is 0 Å². The van der Waals surface area contributed by atoms with Gasteiger partial charge in [-0.05, 0) is 24.5 Å². The van der Waals surface area contributed by atoms with Gasteiger partial charge in [0.15, 0.2) is 0 Å². The highest BCUT2D eigenvalue weighted by molar-refractivity contribution is 5.37. The highest BCUT2D eigenvalue weighted by Gasteiger charge is 2.27. The van der Waals surface area contributed by atoms with E-state index in [1.165, 1.54) is 5.56 Å². The van der Waals surface area contributed by atoms with Crippen molar-refractivity contribution in [1.29, 1.82) is 0 Å². The summed E-state index contributed by atoms with van der Waals surface area (Å²) in [4.78, 5) is 0. The minimum absolute atomic E-state index is 0.0996. The number of hydrogen-bond donors (Lipinski definition) is 1. The lowest BCUT2D eigenvalue weighted by Crippen LogP contribution is -2.38. The van der Waals surface area contributed by atoms with E-state index in [1.807, 2.05) is 18.2 Å². The molecule has 1 aliphatic rings. The molecule has 2 unspecified atom stereocenters. The highest BCUT2D eigenvalue weighted by atomic mass is 16.5. The molecule has 2 N–H and O–H groups in total. The highest BCUT2D eigenvalue weighted by Crippen LogP contribution is 2.29. The number of benzene rings is 1. The Balaban J connectivity index is 1.86. The van der Waals surface area contributed by atoms with Gasteiger partial charge in [-0.1, -0.05) is 18.2 Å². The van der Waals surface area contributed by atoms with Gasteiger partial charge < -0.3 is 15.2 Å². The van der Waals surface area contributed by atoms with Crippen LogP contribution in [0.3, 0.4) is 0 Å². The average Bonchev–Trinajstić information content (AvgIpc) is 2.73. The van der Waals surface area contributed by atoms with Crippen LogP contribution in [0.1, 0.15) is 18.4 Å². The van der Waals surface area contributed by atoms with Crippen molar-refractivity contribution in [2.24, 2.45) is 5.73 Å². The number of ether oxygens (including phenoxy) is 2. The molecule has 2 rings (SSSR count). The number of methoxy groups -OCH3 is 1. The van der Waals surface area contributed by atoms with E-state index in [4.69, 9.17) is 15.2 Å². The van der Waals surface area contributed by atoms with Crippen LogP contribution < -0.4 is 10.5 Å². The molecule has 0 spiro atoms. The lowest BCUT2D eigenvalue weighted by Gasteiger charge is -2.18. The van der Waals surface area contributed by atoms with E-state index in [0.717, 1.165) is 31.6 Å². The second kappa shape index (κ2) is 5.32. The van der Waals surface area contributed by atoms with Gasteiger partial charge in [0, 0.05) is 26.2 Å². The number of para-hydroxylation sites is 1. The SMILES string of the molecule is COCCCC(N)C1Cc2ccccc2O1. The van der Waals surface area contributed by atoms with Gasteiger partial charge in [0.05, 0.1) is 0 Å². The molecule has 88 valence electrons. The summed E-state index contributed by atoms with van der Waals surface area (Å²) < 4.78 is 10.9. The van der Waals surface area contributed by atoms with Gasteiger partial charge in [-0.25, -0.2) is 0 Å². The van der Waals surface area contributed by atoms with Crippen LogP contribution >= 0.6 is 0 Å². The fourth-order valence-electron chi connectivity index (χ4n) is 2.10. The maximum atomic E-state index is 6.12. The van der Waals surface area contributed by atoms with Gasteiger partial charge in [-0.15, -0.1) is 0 Å². The Bertz CT molecular complexity index is 315. The Morgan fingerprint density at radius 1 is 1.50 bits per heavy atom. The van der Waals surface area contributed by atoms with E-state index in [0.29, 0.717) is 0 Å². The summed E-state index contributed by atoms with van der Waals surface area (Å²) in [5, 5.41) is 0. The molecule has 1 aliphatic heterocycles. The Labute approximate surface area is 96.5 Å². The molecule has 0 radical (unpaired) electrons. The van der Waals surface area contributed by atoms with Gasteiger partial charge in [0.1, 0.15) is 11.9 Å². The zero-order valence-electron chi connectivity index (χ0n) is 9.69. The van der Waals surface area contributed by atoms with Crippen LogP contribution in [0.15, 0.2) is 24.3 Å². The van der Waals surface area contributed by atoms with Gasteiger partial charge >= 0.3 is 0 Å². The van der Waals surface area contributed by atoms with Gasteiger partial charge in [-0.2, -0.15) is 0 Å². The molecular weight excluding hydrogens is 202 g/mol. The Hall–Kier alpha value is -1.06. The van der Waals surface area contributed by atoms with E-state index < -0.39 is 0 Å². The summed E-state index contributed by atoms with van der Waals surface area (Å²) >= 11 is 0. The molecule has 16 heavy (non-hydrogen) atoms. The zero-order valence-corrected chi connectivity index (χ0v) is 9.69. The normalized spacial score (nSPS) is 20.2. The second-order valence-corrected chi connectivity index (χ2v) is 4.27. The predicted molar refractivity (Wildman–Crippen MR) is 63.6 cm³/mol. The number of fused-ring (bicyclic) bond motifs is 1. The van der Waals surface area contributed by atoms with Crippen molar-refractivity contribution in [2.75, 3.05) is 13.7 Å². The fraction of sp³-hybridized carbons (Fsp3) is 0.538. The van der Waals surface area contributed by atoms with Gasteiger partial charge in [0.25, 0.3) is 0 Å². The molecule has 3 nitrogen and oxygen atoms in total. The number of rotatable bonds is 5. The third-order valence-electron chi connectivity index (χ3n) is 3.04. The Morgan fingerprint density at radius 3 is 3.06 bits per heavy atom. The molecule has 0 saturated heterocycles. The second-order valence-electron chi connectivity index (χ2n) is 4.27. The van der Waals surface area contributed by atoms with E-state index in [2.05, 4.69) is 6.07 Å². The van der Waals surface area contributed by atoms with E-state index >= 15 is 0 Å². The smallest absolute Gasteiger partial charge is 0.123 e. The predicted octanol–water partition coefficient (Wildman–Crippen LogP) is 1.74. The molecule has 1 aromatic carbocycles. The monoisotopic (exact) mass is 221 g/mol. The minimum Gasteiger partial charge on any atom is -0.488 e. The Kier molecular flexibility index (Phi) is 3.80. The van der Waals surface area contributed by atoms with Crippen molar-refractivity contribution in [1.82, 2.24) is 0 Å². The first kappa shape index (κ1) is 11.4. The largest absolute Gasteiger partial charge is 0.488 e. The zero-order chi connectivity index (χ0) is 11.4. The van der Waals surface area contributed by atoms with Crippen LogP contribution in [0.2, 0.25) is 0 Å². The van der Waals surface area contributed by atoms with Crippen molar-refractivity contribution in [2.45, 2.75) is 31.4 Å². The molecule has 0 bridgehead atoms. The molecular formula is C13H19NO2. The first-order chi connectivity index (χ1) is 7.81. The van der Waals surface area contributed by atoms with Crippen LogP contribution in [0.5, 0.6) is 5.75 Å². The molecule has 0 aliphatic carbocycles. The molecule has 0 saturated carbocycles. The van der Waals surface area contributed by atoms with E-state index in [1.54, 1.807) is 7.11 Å². The van der Waals surface area contributed by atoms with E-state index in [-0.39, 0.29) is 12.1 Å². The standard InChI is InChI=1S/C13H19NO2/c1-15-8-4-6-11(14)13-9-10-5-2-3-7-12(10)16-13/h2-3,5,7,11,13H,4,6,8-9,14H2,1H3. The molecule has 1 aromatic rings. The van der Waals surface area contributed by atoms with Crippen LogP contribution in [-0.4, -0.2) is 25.9 Å². The maximum absolute atomic E-state index is 6.12. The molecule has 2 atom stereocenters. The molecule has 1 heterocycles. The molecule has 0 fully saturated rings. The first-order valence-electron chi connectivity index (χ1n) is 5.80. The van der Waals surface area contributed by atoms with Crippen molar-refractivity contribution in [3.63, 3.8) is 0 Å². The summed E-state index contributed by atoms with van der Waals surface area (Å²) in [7, 11) is 1.72. The maximum Gasteiger partial charge on any atom is 0.123 e. The van der Waals surface area contributed by atoms with Crippen LogP contribution in [-0.2, 0) is 11.2 Å². The van der Waals surface area contributed by atoms with Crippen molar-refractivity contribution in [3.8, 4) is 5.75 Å². The summed E-state index contributed by atoms with van der Waals surface area (Å²) in [6, 6.07) is 8.26. The third kappa shape index (κ3) is 2.54. The minimum atomic E-state index is 0.0996. The van der Waals surface area contributed by atoms with Crippen LogP contribution in [0, 0.1) is 0 Å². The van der Waals surface area contributed by atoms with E-state index in [9.17, 15) is 0 Å². The quantitative estimate of drug-likeness (QED) is 0.770. The van der Waals surface area contributed by atoms with Crippen LogP contribution in [0.4, 0.5) is 0 Å². The van der Waals surface area contributed by atoms with Gasteiger partial charge in [0.2, 0.25) is 0 Å². The summed E-state index contributed by atoms with van der Waals surface area (Å²) in [5.74, 6) is 0.995. The molecule has 3 heteroatoms. The van der Waals surface area contributed by atoms with Crippen molar-refractivity contribution in [3.05, 3.63) is 29.8 Å². The number of hydrogen-bond acceptors (Lipinski definition) is 3. The third-order valence-corrected chi connectivity index (χ3v) is 3.04. The lowest BCUT2D eigenvalue weighted by molar-refractivity contribution is 0.165. The number of nitrogens with two attached hydrogens (primary N) is 1. The Morgan fingerprint density at radius 2 is 2.31 bits per heavy atom. The van der Waals surface area contributed by atoms with Crippen molar-refractivity contribution < 1.29 is 9.47 Å². The topological polar surface area (TPSA) is 44.5 Å². The summed E-state index contributed by atoms with van der Waals surface area (Å²) in [6.45, 7) is 0.771. The lowest BCUT2D eigenvalue weighted by atomic mass is 10.0. The van der Waals surface area contributed by atoms with Crippen LogP contribution in [0.25, 0.3) is 0 Å². The van der Waals surface area contributed by atoms with Crippen molar-refractivity contribution >= 4 is 0 Å². The first-order valence-corrected chi connectivity index (χ1v) is 5.80. The summed E-state index contributed by atoms with van der Waals surface area (Å²) in [5.41, 5.74) is 7.39. The fourth-order valence-corrected chi connectivity index (χ4v) is 2.10. The molecule has 0 amide bonds. The molecule has 0 aromatic heterocycles. The average molecular weight is 221 g/mol.